The molecule has 7 heteroatoms. The summed E-state index contributed by atoms with van der Waals surface area (Å²) in [7, 11) is 0. The molecule has 110 valence electrons. The van der Waals surface area contributed by atoms with Crippen LogP contribution < -0.4 is 9.64 Å². The molecule has 0 saturated carbocycles. The molecule has 0 aliphatic carbocycles. The molecule has 6 nitrogen and oxygen atoms in total. The van der Waals surface area contributed by atoms with Gasteiger partial charge >= 0.3 is 6.01 Å². The Morgan fingerprint density at radius 1 is 1.14 bits per heavy atom. The molecule has 1 atom stereocenters. The largest absolute Gasteiger partial charge is 0.458 e. The molecule has 21 heavy (non-hydrogen) atoms. The highest BCUT2D eigenvalue weighted by atomic mass is 79.9. The molecule has 3 rings (SSSR count). The van der Waals surface area contributed by atoms with Crippen LogP contribution in [0.3, 0.4) is 0 Å². The summed E-state index contributed by atoms with van der Waals surface area (Å²) in [5.74, 6) is 0.733. The van der Waals surface area contributed by atoms with Gasteiger partial charge in [0.15, 0.2) is 0 Å². The summed E-state index contributed by atoms with van der Waals surface area (Å²) in [5.41, 5.74) is 1.02. The van der Waals surface area contributed by atoms with Crippen LogP contribution in [0, 0.1) is 6.92 Å². The Bertz CT molecular complexity index is 589. The van der Waals surface area contributed by atoms with Gasteiger partial charge in [-0.1, -0.05) is 0 Å². The lowest BCUT2D eigenvalue weighted by molar-refractivity contribution is 0.164. The molecule has 0 N–H and O–H groups in total. The average molecular weight is 350 g/mol. The standard InChI is InChI=1S/C14H16BrN5O/c1-10-5-18-14(19-6-10)21-12-3-2-4-20(9-12)13-16-7-11(15)8-17-13/h5-8,12H,2-4,9H2,1H3. The van der Waals surface area contributed by atoms with E-state index in [1.165, 1.54) is 0 Å². The third kappa shape index (κ3) is 3.66. The van der Waals surface area contributed by atoms with Crippen LogP contribution in [0.2, 0.25) is 0 Å². The molecule has 1 saturated heterocycles. The SMILES string of the molecule is Cc1cnc(OC2CCCN(c3ncc(Br)cn3)C2)nc1. The van der Waals surface area contributed by atoms with Gasteiger partial charge in [0, 0.05) is 31.3 Å². The van der Waals surface area contributed by atoms with Gasteiger partial charge in [0.1, 0.15) is 6.10 Å². The van der Waals surface area contributed by atoms with Gasteiger partial charge in [-0.15, -0.1) is 0 Å². The molecule has 0 spiro atoms. The van der Waals surface area contributed by atoms with Gasteiger partial charge in [0.2, 0.25) is 5.95 Å². The molecular weight excluding hydrogens is 334 g/mol. The van der Waals surface area contributed by atoms with Crippen LogP contribution >= 0.6 is 15.9 Å². The number of ether oxygens (including phenoxy) is 1. The zero-order valence-electron chi connectivity index (χ0n) is 11.7. The summed E-state index contributed by atoms with van der Waals surface area (Å²) >= 11 is 3.35. The molecule has 0 radical (unpaired) electrons. The molecule has 1 aliphatic heterocycles. The Balaban J connectivity index is 1.65. The smallest absolute Gasteiger partial charge is 0.316 e. The van der Waals surface area contributed by atoms with Crippen molar-refractivity contribution in [1.82, 2.24) is 19.9 Å². The van der Waals surface area contributed by atoms with Gasteiger partial charge in [0.05, 0.1) is 11.0 Å². The lowest BCUT2D eigenvalue weighted by Gasteiger charge is -2.32. The van der Waals surface area contributed by atoms with Gasteiger partial charge in [-0.25, -0.2) is 19.9 Å². The highest BCUT2D eigenvalue weighted by Crippen LogP contribution is 2.19. The average Bonchev–Trinajstić information content (AvgIpc) is 2.51. The minimum atomic E-state index is 0.0636. The molecule has 3 heterocycles. The fourth-order valence-corrected chi connectivity index (χ4v) is 2.48. The summed E-state index contributed by atoms with van der Waals surface area (Å²) in [6, 6.07) is 0.434. The van der Waals surface area contributed by atoms with Crippen molar-refractivity contribution in [1.29, 1.82) is 0 Å². The third-order valence-electron chi connectivity index (χ3n) is 3.30. The number of aryl methyl sites for hydroxylation is 1. The van der Waals surface area contributed by atoms with Crippen molar-refractivity contribution in [3.63, 3.8) is 0 Å². The quantitative estimate of drug-likeness (QED) is 0.847. The third-order valence-corrected chi connectivity index (χ3v) is 3.71. The number of halogens is 1. The number of aromatic nitrogens is 4. The number of anilines is 1. The van der Waals surface area contributed by atoms with E-state index in [4.69, 9.17) is 4.74 Å². The molecule has 2 aromatic rings. The van der Waals surface area contributed by atoms with Crippen LogP contribution in [0.25, 0.3) is 0 Å². The maximum atomic E-state index is 5.86. The van der Waals surface area contributed by atoms with Crippen molar-refractivity contribution >= 4 is 21.9 Å². The van der Waals surface area contributed by atoms with Crippen LogP contribution in [0.1, 0.15) is 18.4 Å². The highest BCUT2D eigenvalue weighted by molar-refractivity contribution is 9.10. The summed E-state index contributed by atoms with van der Waals surface area (Å²) in [6.45, 7) is 3.64. The highest BCUT2D eigenvalue weighted by Gasteiger charge is 2.23. The van der Waals surface area contributed by atoms with Gasteiger partial charge < -0.3 is 9.64 Å². The van der Waals surface area contributed by atoms with E-state index in [0.717, 1.165) is 41.9 Å². The molecule has 2 aromatic heterocycles. The summed E-state index contributed by atoms with van der Waals surface area (Å²) in [5, 5.41) is 0. The van der Waals surface area contributed by atoms with Crippen molar-refractivity contribution in [2.24, 2.45) is 0 Å². The molecular formula is C14H16BrN5O. The van der Waals surface area contributed by atoms with Gasteiger partial charge in [-0.05, 0) is 41.3 Å². The summed E-state index contributed by atoms with van der Waals surface area (Å²) in [6.07, 6.45) is 9.14. The number of hydrogen-bond donors (Lipinski definition) is 0. The van der Waals surface area contributed by atoms with Crippen molar-refractivity contribution in [2.75, 3.05) is 18.0 Å². The summed E-state index contributed by atoms with van der Waals surface area (Å²) < 4.78 is 6.74. The topological polar surface area (TPSA) is 64.0 Å². The zero-order valence-corrected chi connectivity index (χ0v) is 13.3. The monoisotopic (exact) mass is 349 g/mol. The van der Waals surface area contributed by atoms with Crippen LogP contribution in [0.4, 0.5) is 5.95 Å². The molecule has 0 bridgehead atoms. The van der Waals surface area contributed by atoms with Crippen LogP contribution in [-0.2, 0) is 0 Å². The minimum Gasteiger partial charge on any atom is -0.458 e. The van der Waals surface area contributed by atoms with Crippen molar-refractivity contribution in [3.8, 4) is 6.01 Å². The second kappa shape index (κ2) is 6.34. The first-order valence-corrected chi connectivity index (χ1v) is 7.68. The predicted octanol–water partition coefficient (Wildman–Crippen LogP) is 2.39. The van der Waals surface area contributed by atoms with E-state index >= 15 is 0 Å². The van der Waals surface area contributed by atoms with Gasteiger partial charge in [0.25, 0.3) is 0 Å². The Labute approximate surface area is 131 Å². The van der Waals surface area contributed by atoms with E-state index < -0.39 is 0 Å². The van der Waals surface area contributed by atoms with E-state index in [0.29, 0.717) is 6.01 Å². The first-order valence-electron chi connectivity index (χ1n) is 6.88. The second-order valence-electron chi connectivity index (χ2n) is 5.07. The van der Waals surface area contributed by atoms with E-state index in [-0.39, 0.29) is 6.10 Å². The minimum absolute atomic E-state index is 0.0636. The van der Waals surface area contributed by atoms with Crippen molar-refractivity contribution in [2.45, 2.75) is 25.9 Å². The predicted molar refractivity (Wildman–Crippen MR) is 82.4 cm³/mol. The maximum absolute atomic E-state index is 5.86. The number of piperidine rings is 1. The Morgan fingerprint density at radius 3 is 2.57 bits per heavy atom. The van der Waals surface area contributed by atoms with Crippen molar-refractivity contribution < 1.29 is 4.74 Å². The van der Waals surface area contributed by atoms with Crippen molar-refractivity contribution in [3.05, 3.63) is 34.8 Å². The fourth-order valence-electron chi connectivity index (χ4n) is 2.28. The molecule has 1 aliphatic rings. The van der Waals surface area contributed by atoms with Crippen LogP contribution in [0.5, 0.6) is 6.01 Å². The first kappa shape index (κ1) is 14.2. The molecule has 1 fully saturated rings. The summed E-state index contributed by atoms with van der Waals surface area (Å²) in [4.78, 5) is 19.2. The number of rotatable bonds is 3. The maximum Gasteiger partial charge on any atom is 0.316 e. The van der Waals surface area contributed by atoms with E-state index in [1.807, 2.05) is 6.92 Å². The molecule has 0 aromatic carbocycles. The van der Waals surface area contributed by atoms with Crippen LogP contribution in [0.15, 0.2) is 29.3 Å². The first-order chi connectivity index (χ1) is 10.2. The van der Waals surface area contributed by atoms with E-state index in [9.17, 15) is 0 Å². The van der Waals surface area contributed by atoms with Gasteiger partial charge in [-0.3, -0.25) is 0 Å². The lowest BCUT2D eigenvalue weighted by atomic mass is 10.1. The number of nitrogens with zero attached hydrogens (tertiary/aromatic N) is 5. The molecule has 1 unspecified atom stereocenters. The Morgan fingerprint density at radius 2 is 1.86 bits per heavy atom. The van der Waals surface area contributed by atoms with E-state index in [2.05, 4.69) is 40.8 Å². The Kier molecular flexibility index (Phi) is 4.28. The lowest BCUT2D eigenvalue weighted by Crippen LogP contribution is -2.42. The van der Waals surface area contributed by atoms with E-state index in [1.54, 1.807) is 24.8 Å². The normalized spacial score (nSPS) is 18.6. The number of hydrogen-bond acceptors (Lipinski definition) is 6. The fraction of sp³-hybridized carbons (Fsp3) is 0.429. The second-order valence-corrected chi connectivity index (χ2v) is 5.99. The van der Waals surface area contributed by atoms with Crippen LogP contribution in [-0.4, -0.2) is 39.1 Å². The molecule has 0 amide bonds. The zero-order chi connectivity index (χ0) is 14.7. The van der Waals surface area contributed by atoms with Gasteiger partial charge in [-0.2, -0.15) is 0 Å². The Hall–Kier alpha value is -1.76.